The summed E-state index contributed by atoms with van der Waals surface area (Å²) in [7, 11) is 0. The van der Waals surface area contributed by atoms with Crippen LogP contribution in [0.15, 0.2) is 48.5 Å². The Morgan fingerprint density at radius 3 is 2.59 bits per heavy atom. The fraction of sp³-hybridized carbons (Fsp3) is 0.444. The van der Waals surface area contributed by atoms with E-state index in [1.165, 1.54) is 6.42 Å². The summed E-state index contributed by atoms with van der Waals surface area (Å²) >= 11 is 5.36. The normalized spacial score (nSPS) is 13.9. The van der Waals surface area contributed by atoms with Crippen LogP contribution in [0.4, 0.5) is 5.69 Å². The molecule has 182 valence electrons. The highest BCUT2D eigenvalue weighted by atomic mass is 32.1. The van der Waals surface area contributed by atoms with Crippen molar-refractivity contribution in [1.29, 1.82) is 0 Å². The van der Waals surface area contributed by atoms with Gasteiger partial charge in [0, 0.05) is 24.3 Å². The molecule has 7 heteroatoms. The Morgan fingerprint density at radius 2 is 1.82 bits per heavy atom. The number of ether oxygens (including phenoxy) is 1. The van der Waals surface area contributed by atoms with E-state index in [-0.39, 0.29) is 16.9 Å². The minimum absolute atomic E-state index is 0.0236. The van der Waals surface area contributed by atoms with E-state index in [2.05, 4.69) is 24.5 Å². The van der Waals surface area contributed by atoms with E-state index in [1.54, 1.807) is 30.3 Å². The molecule has 1 saturated heterocycles. The second-order valence-corrected chi connectivity index (χ2v) is 9.28. The van der Waals surface area contributed by atoms with Gasteiger partial charge in [-0.1, -0.05) is 51.3 Å². The molecule has 34 heavy (non-hydrogen) atoms. The van der Waals surface area contributed by atoms with Crippen LogP contribution in [0.2, 0.25) is 0 Å². The number of piperidine rings is 1. The number of rotatable bonds is 9. The Bertz CT molecular complexity index is 987. The van der Waals surface area contributed by atoms with Crippen molar-refractivity contribution in [1.82, 2.24) is 10.2 Å². The highest BCUT2D eigenvalue weighted by Gasteiger charge is 2.21. The average Bonchev–Trinajstić information content (AvgIpc) is 2.84. The maximum Gasteiger partial charge on any atom is 0.261 e. The van der Waals surface area contributed by atoms with E-state index < -0.39 is 0 Å². The number of hydrogen-bond donors (Lipinski definition) is 2. The fourth-order valence-electron chi connectivity index (χ4n) is 3.95. The van der Waals surface area contributed by atoms with Gasteiger partial charge < -0.3 is 15.0 Å². The Kier molecular flexibility index (Phi) is 9.89. The largest absolute Gasteiger partial charge is 0.493 e. The number of para-hydroxylation sites is 1. The molecule has 1 aliphatic rings. The Hall–Kier alpha value is -2.93. The number of hydrogen-bond acceptors (Lipinski definition) is 4. The number of likely N-dealkylation sites (tertiary alicyclic amines) is 1. The third-order valence-corrected chi connectivity index (χ3v) is 6.26. The molecule has 0 atom stereocenters. The summed E-state index contributed by atoms with van der Waals surface area (Å²) in [6.45, 7) is 6.53. The molecule has 0 aromatic heterocycles. The second kappa shape index (κ2) is 13.1. The maximum atomic E-state index is 12.9. The van der Waals surface area contributed by atoms with Gasteiger partial charge >= 0.3 is 0 Å². The molecule has 0 radical (unpaired) electrons. The summed E-state index contributed by atoms with van der Waals surface area (Å²) in [6.07, 6.45) is 6.47. The minimum Gasteiger partial charge on any atom is -0.493 e. The fourth-order valence-corrected chi connectivity index (χ4v) is 4.16. The van der Waals surface area contributed by atoms with Crippen molar-refractivity contribution < 1.29 is 14.3 Å². The second-order valence-electron chi connectivity index (χ2n) is 8.87. The first-order valence-electron chi connectivity index (χ1n) is 12.2. The van der Waals surface area contributed by atoms with Gasteiger partial charge in [0.1, 0.15) is 5.75 Å². The monoisotopic (exact) mass is 481 g/mol. The van der Waals surface area contributed by atoms with Gasteiger partial charge in [0.05, 0.1) is 12.2 Å². The van der Waals surface area contributed by atoms with E-state index in [1.807, 2.05) is 23.1 Å². The summed E-state index contributed by atoms with van der Waals surface area (Å²) < 4.78 is 5.84. The van der Waals surface area contributed by atoms with Crippen LogP contribution in [0.1, 0.15) is 73.1 Å². The molecule has 0 bridgehead atoms. The number of carbonyl (C=O) groups is 2. The minimum atomic E-state index is -0.337. The highest BCUT2D eigenvalue weighted by molar-refractivity contribution is 7.80. The highest BCUT2D eigenvalue weighted by Crippen LogP contribution is 2.21. The van der Waals surface area contributed by atoms with E-state index in [4.69, 9.17) is 17.0 Å². The topological polar surface area (TPSA) is 70.7 Å². The molecule has 2 aromatic carbocycles. The van der Waals surface area contributed by atoms with Crippen LogP contribution in [-0.2, 0) is 0 Å². The molecule has 6 nitrogen and oxygen atoms in total. The molecular formula is C27H35N3O3S. The van der Waals surface area contributed by atoms with Gasteiger partial charge in [-0.15, -0.1) is 0 Å². The van der Waals surface area contributed by atoms with Crippen LogP contribution in [0, 0.1) is 5.92 Å². The summed E-state index contributed by atoms with van der Waals surface area (Å²) in [6, 6.07) is 14.4. The van der Waals surface area contributed by atoms with Crippen LogP contribution < -0.4 is 15.4 Å². The lowest BCUT2D eigenvalue weighted by Crippen LogP contribution is -2.38. The van der Waals surface area contributed by atoms with E-state index in [0.717, 1.165) is 45.2 Å². The number of thiocarbonyl (C=S) groups is 1. The van der Waals surface area contributed by atoms with Crippen molar-refractivity contribution in [3.8, 4) is 5.75 Å². The first-order chi connectivity index (χ1) is 16.5. The van der Waals surface area contributed by atoms with Gasteiger partial charge in [0.25, 0.3) is 11.8 Å². The van der Waals surface area contributed by atoms with Crippen molar-refractivity contribution in [2.24, 2.45) is 5.92 Å². The Balaban J connectivity index is 1.56. The molecule has 1 heterocycles. The summed E-state index contributed by atoms with van der Waals surface area (Å²) in [4.78, 5) is 27.6. The summed E-state index contributed by atoms with van der Waals surface area (Å²) in [5.41, 5.74) is 1.70. The van der Waals surface area contributed by atoms with Crippen molar-refractivity contribution in [2.45, 2.75) is 52.4 Å². The molecule has 1 fully saturated rings. The Labute approximate surface area is 208 Å². The van der Waals surface area contributed by atoms with Crippen LogP contribution in [0.5, 0.6) is 5.75 Å². The lowest BCUT2D eigenvalue weighted by molar-refractivity contribution is 0.0697. The molecule has 2 aromatic rings. The molecule has 2 amide bonds. The Morgan fingerprint density at radius 1 is 1.06 bits per heavy atom. The van der Waals surface area contributed by atoms with Gasteiger partial charge in [-0.05, 0) is 67.7 Å². The van der Waals surface area contributed by atoms with Crippen molar-refractivity contribution in [2.75, 3.05) is 25.0 Å². The van der Waals surface area contributed by atoms with E-state index in [9.17, 15) is 9.59 Å². The lowest BCUT2D eigenvalue weighted by Gasteiger charge is -2.30. The van der Waals surface area contributed by atoms with Crippen molar-refractivity contribution in [3.05, 3.63) is 59.7 Å². The molecule has 0 saturated carbocycles. The molecule has 1 aliphatic heterocycles. The third kappa shape index (κ3) is 7.55. The van der Waals surface area contributed by atoms with Crippen molar-refractivity contribution >= 4 is 34.8 Å². The number of unbranched alkanes of at least 4 members (excludes halogenated alkanes) is 3. The number of nitrogens with one attached hydrogen (secondary N) is 2. The predicted molar refractivity (Wildman–Crippen MR) is 141 cm³/mol. The number of nitrogens with zero attached hydrogens (tertiary/aromatic N) is 1. The first-order valence-corrected chi connectivity index (χ1v) is 12.6. The van der Waals surface area contributed by atoms with Gasteiger partial charge in [0.2, 0.25) is 0 Å². The van der Waals surface area contributed by atoms with E-state index in [0.29, 0.717) is 35.1 Å². The zero-order chi connectivity index (χ0) is 24.3. The number of anilines is 1. The number of carbonyl (C=O) groups excluding carboxylic acids is 2. The molecule has 0 aliphatic carbocycles. The van der Waals surface area contributed by atoms with Crippen LogP contribution in [0.25, 0.3) is 0 Å². The quantitative estimate of drug-likeness (QED) is 0.358. The van der Waals surface area contributed by atoms with Crippen molar-refractivity contribution in [3.63, 3.8) is 0 Å². The van der Waals surface area contributed by atoms with Crippen LogP contribution >= 0.6 is 12.2 Å². The standard InChI is InChI=1S/C27H35N3O3S/c1-3-4-5-8-18-33-24-13-7-6-12-23(24)25(31)29-27(34)28-22-11-9-10-21(19-22)26(32)30-16-14-20(2)15-17-30/h6-7,9-13,19-20H,3-5,8,14-18H2,1-2H3,(H2,28,29,31,34). The summed E-state index contributed by atoms with van der Waals surface area (Å²) in [5, 5.41) is 5.91. The van der Waals surface area contributed by atoms with Crippen LogP contribution in [0.3, 0.4) is 0 Å². The SMILES string of the molecule is CCCCCCOc1ccccc1C(=O)NC(=S)Nc1cccc(C(=O)N2CCC(C)CC2)c1. The van der Waals surface area contributed by atoms with Gasteiger partial charge in [0.15, 0.2) is 5.11 Å². The van der Waals surface area contributed by atoms with Gasteiger partial charge in [-0.3, -0.25) is 14.9 Å². The molecular weight excluding hydrogens is 446 g/mol. The number of amides is 2. The first kappa shape index (κ1) is 25.7. The summed E-state index contributed by atoms with van der Waals surface area (Å²) in [5.74, 6) is 0.893. The lowest BCUT2D eigenvalue weighted by atomic mass is 9.98. The number of benzene rings is 2. The van der Waals surface area contributed by atoms with Gasteiger partial charge in [-0.25, -0.2) is 0 Å². The smallest absolute Gasteiger partial charge is 0.261 e. The maximum absolute atomic E-state index is 12.9. The van der Waals surface area contributed by atoms with Gasteiger partial charge in [-0.2, -0.15) is 0 Å². The third-order valence-electron chi connectivity index (χ3n) is 6.05. The zero-order valence-electron chi connectivity index (χ0n) is 20.1. The predicted octanol–water partition coefficient (Wildman–Crippen LogP) is 5.64. The molecule has 0 spiro atoms. The molecule has 3 rings (SSSR count). The molecule has 0 unspecified atom stereocenters. The van der Waals surface area contributed by atoms with Crippen LogP contribution in [-0.4, -0.2) is 41.5 Å². The average molecular weight is 482 g/mol. The van der Waals surface area contributed by atoms with E-state index >= 15 is 0 Å². The zero-order valence-corrected chi connectivity index (χ0v) is 21.0. The molecule has 2 N–H and O–H groups in total.